The molecule has 14 heteroatoms. The van der Waals surface area contributed by atoms with Gasteiger partial charge in [0, 0.05) is 32.0 Å². The van der Waals surface area contributed by atoms with Gasteiger partial charge in [0.05, 0.1) is 54.0 Å². The van der Waals surface area contributed by atoms with Crippen molar-refractivity contribution < 1.29 is 38.0 Å². The molecule has 6 aromatic rings. The molecular formula is C40H36N2O8S4. The van der Waals surface area contributed by atoms with Crippen LogP contribution in [0.1, 0.15) is 30.5 Å². The Kier molecular flexibility index (Phi) is 12.2. The van der Waals surface area contributed by atoms with Crippen molar-refractivity contribution in [2.45, 2.75) is 23.6 Å². The van der Waals surface area contributed by atoms with Gasteiger partial charge in [0.1, 0.15) is 19.8 Å². The number of thiazole rings is 2. The number of rotatable bonds is 13. The Bertz CT molecular complexity index is 2190. The Labute approximate surface area is 329 Å². The molecule has 278 valence electrons. The second-order valence-electron chi connectivity index (χ2n) is 11.6. The Hall–Kier alpha value is -5.02. The fourth-order valence-electron chi connectivity index (χ4n) is 5.66. The average molecular weight is 801 g/mol. The summed E-state index contributed by atoms with van der Waals surface area (Å²) in [7, 11) is 11.9. The van der Waals surface area contributed by atoms with Crippen LogP contribution in [0.4, 0.5) is 0 Å². The van der Waals surface area contributed by atoms with Crippen molar-refractivity contribution >= 4 is 56.2 Å². The van der Waals surface area contributed by atoms with Crippen molar-refractivity contribution in [1.29, 1.82) is 0 Å². The molecule has 10 nitrogen and oxygen atoms in total. The van der Waals surface area contributed by atoms with Gasteiger partial charge in [0.15, 0.2) is 23.0 Å². The third-order valence-electron chi connectivity index (χ3n) is 8.45. The monoisotopic (exact) mass is 800 g/mol. The van der Waals surface area contributed by atoms with Crippen LogP contribution in [0.25, 0.3) is 43.7 Å². The molecule has 0 amide bonds. The van der Waals surface area contributed by atoms with Crippen molar-refractivity contribution in [2.24, 2.45) is 0 Å². The van der Waals surface area contributed by atoms with Gasteiger partial charge in [-0.05, 0) is 49.2 Å². The van der Waals surface area contributed by atoms with Crippen LogP contribution in [-0.2, 0) is 9.47 Å². The van der Waals surface area contributed by atoms with E-state index in [0.717, 1.165) is 43.2 Å². The molecule has 0 bridgehead atoms. The smallest absolute Gasteiger partial charge is 0.350 e. The summed E-state index contributed by atoms with van der Waals surface area (Å²) in [4.78, 5) is 38.6. The van der Waals surface area contributed by atoms with Gasteiger partial charge in [-0.15, -0.1) is 22.7 Å². The van der Waals surface area contributed by atoms with E-state index in [1.165, 1.54) is 58.5 Å². The van der Waals surface area contributed by atoms with E-state index in [4.69, 9.17) is 38.4 Å². The molecule has 0 saturated heterocycles. The van der Waals surface area contributed by atoms with E-state index in [1.807, 2.05) is 86.6 Å². The van der Waals surface area contributed by atoms with Crippen LogP contribution in [0.2, 0.25) is 0 Å². The normalized spacial score (nSPS) is 10.9. The maximum Gasteiger partial charge on any atom is 0.350 e. The van der Waals surface area contributed by atoms with Crippen LogP contribution >= 0.6 is 44.3 Å². The molecule has 0 aliphatic carbocycles. The minimum absolute atomic E-state index is 0.386. The fourth-order valence-corrected chi connectivity index (χ4v) is 10.2. The molecule has 0 saturated carbocycles. The number of ether oxygens (including phenoxy) is 6. The summed E-state index contributed by atoms with van der Waals surface area (Å²) in [6, 6.07) is 23.0. The maximum absolute atomic E-state index is 13.1. The molecule has 4 aromatic carbocycles. The highest BCUT2D eigenvalue weighted by Gasteiger charge is 2.27. The van der Waals surface area contributed by atoms with Crippen LogP contribution in [-0.4, -0.2) is 64.6 Å². The van der Waals surface area contributed by atoms with Gasteiger partial charge in [-0.1, -0.05) is 70.1 Å². The number of carbonyl (C=O) groups excluding carboxylic acids is 2. The minimum Gasteiger partial charge on any atom is -0.493 e. The lowest BCUT2D eigenvalue weighted by Gasteiger charge is -2.15. The summed E-state index contributed by atoms with van der Waals surface area (Å²) in [5.74, 6) is 1.09. The molecule has 54 heavy (non-hydrogen) atoms. The summed E-state index contributed by atoms with van der Waals surface area (Å²) in [5.41, 5.74) is 6.14. The van der Waals surface area contributed by atoms with Gasteiger partial charge in [-0.25, -0.2) is 19.6 Å². The standard InChI is InChI=1S/C40H36N2O8S4/c1-21-13-9-11-15-23(21)33-35(39(43)49-7)51-37(41-33)25-17-27(45-3)29(47-5)19-31(25)53-54-32-20-30(48-6)28(46-4)18-26(32)38-42-34(36(52-38)40(44)50-8)24-16-12-10-14-22(24)2/h9-20H,1-8H3. The van der Waals surface area contributed by atoms with Crippen LogP contribution in [0.15, 0.2) is 82.6 Å². The fraction of sp³-hybridized carbons (Fsp3) is 0.200. The number of nitrogens with zero attached hydrogens (tertiary/aromatic N) is 2. The zero-order chi connectivity index (χ0) is 38.5. The second-order valence-corrected chi connectivity index (χ2v) is 15.8. The first-order valence-corrected chi connectivity index (χ1v) is 20.1. The van der Waals surface area contributed by atoms with Crippen LogP contribution < -0.4 is 18.9 Å². The molecule has 0 aliphatic rings. The lowest BCUT2D eigenvalue weighted by Crippen LogP contribution is -2.00. The molecule has 2 aromatic heterocycles. The third kappa shape index (κ3) is 7.65. The number of hydrogen-bond acceptors (Lipinski definition) is 14. The van der Waals surface area contributed by atoms with Crippen molar-refractivity contribution in [1.82, 2.24) is 9.97 Å². The quantitative estimate of drug-likeness (QED) is 0.0818. The highest BCUT2D eigenvalue weighted by atomic mass is 33.1. The van der Waals surface area contributed by atoms with Crippen molar-refractivity contribution in [3.8, 4) is 66.7 Å². The van der Waals surface area contributed by atoms with Crippen molar-refractivity contribution in [3.63, 3.8) is 0 Å². The molecule has 0 spiro atoms. The first kappa shape index (κ1) is 38.7. The van der Waals surface area contributed by atoms with Crippen LogP contribution in [0.5, 0.6) is 23.0 Å². The van der Waals surface area contributed by atoms with Crippen LogP contribution in [0.3, 0.4) is 0 Å². The van der Waals surface area contributed by atoms with E-state index in [9.17, 15) is 9.59 Å². The lowest BCUT2D eigenvalue weighted by molar-refractivity contribution is 0.0597. The second kappa shape index (κ2) is 17.0. The molecule has 0 aliphatic heterocycles. The van der Waals surface area contributed by atoms with Gasteiger partial charge in [0.25, 0.3) is 0 Å². The van der Waals surface area contributed by atoms with Gasteiger partial charge in [-0.2, -0.15) is 0 Å². The predicted molar refractivity (Wildman–Crippen MR) is 216 cm³/mol. The zero-order valence-corrected chi connectivity index (χ0v) is 34.0. The van der Waals surface area contributed by atoms with Crippen LogP contribution in [0, 0.1) is 13.8 Å². The first-order valence-electron chi connectivity index (χ1n) is 16.3. The minimum atomic E-state index is -0.476. The van der Waals surface area contributed by atoms with E-state index in [1.54, 1.807) is 28.4 Å². The summed E-state index contributed by atoms with van der Waals surface area (Å²) < 4.78 is 33.3. The summed E-state index contributed by atoms with van der Waals surface area (Å²) in [5, 5.41) is 1.19. The molecular weight excluding hydrogens is 765 g/mol. The molecule has 0 N–H and O–H groups in total. The van der Waals surface area contributed by atoms with E-state index in [-0.39, 0.29) is 0 Å². The summed E-state index contributed by atoms with van der Waals surface area (Å²) >= 11 is 2.49. The number of hydrogen-bond donors (Lipinski definition) is 0. The Morgan fingerprint density at radius 1 is 0.519 bits per heavy atom. The van der Waals surface area contributed by atoms with Crippen molar-refractivity contribution in [2.75, 3.05) is 42.7 Å². The largest absolute Gasteiger partial charge is 0.493 e. The molecule has 0 fully saturated rings. The van der Waals surface area contributed by atoms with E-state index in [2.05, 4.69) is 0 Å². The third-order valence-corrected chi connectivity index (χ3v) is 13.0. The van der Waals surface area contributed by atoms with Gasteiger partial charge < -0.3 is 28.4 Å². The Morgan fingerprint density at radius 2 is 0.870 bits per heavy atom. The lowest BCUT2D eigenvalue weighted by atomic mass is 10.1. The van der Waals surface area contributed by atoms with Gasteiger partial charge >= 0.3 is 11.9 Å². The number of benzene rings is 4. The SMILES string of the molecule is COC(=O)c1sc(-c2cc(OC)c(OC)cc2SSc2cc(OC)c(OC)cc2-c2nc(-c3ccccc3C)c(C(=O)OC)s2)nc1-c1ccccc1C. The average Bonchev–Trinajstić information content (AvgIpc) is 3.85. The summed E-state index contributed by atoms with van der Waals surface area (Å²) in [6.45, 7) is 3.95. The first-order chi connectivity index (χ1) is 26.1. The van der Waals surface area contributed by atoms with E-state index in [0.29, 0.717) is 54.2 Å². The highest BCUT2D eigenvalue weighted by molar-refractivity contribution is 8.76. The van der Waals surface area contributed by atoms with Crippen molar-refractivity contribution in [3.05, 3.63) is 93.7 Å². The number of aromatic nitrogens is 2. The number of aryl methyl sites for hydroxylation is 2. The Morgan fingerprint density at radius 3 is 1.20 bits per heavy atom. The van der Waals surface area contributed by atoms with E-state index < -0.39 is 11.9 Å². The van der Waals surface area contributed by atoms with Gasteiger partial charge in [0.2, 0.25) is 0 Å². The summed E-state index contributed by atoms with van der Waals surface area (Å²) in [6.07, 6.45) is 0. The topological polar surface area (TPSA) is 115 Å². The predicted octanol–water partition coefficient (Wildman–Crippen LogP) is 10.3. The Balaban J connectivity index is 1.49. The maximum atomic E-state index is 13.1. The molecule has 0 radical (unpaired) electrons. The van der Waals surface area contributed by atoms with Gasteiger partial charge in [-0.3, -0.25) is 0 Å². The number of carbonyl (C=O) groups is 2. The molecule has 2 heterocycles. The molecule has 0 unspecified atom stereocenters. The number of esters is 2. The molecule has 0 atom stereocenters. The zero-order valence-electron chi connectivity index (χ0n) is 30.7. The van der Waals surface area contributed by atoms with E-state index >= 15 is 0 Å². The number of methoxy groups -OCH3 is 6. The molecule has 6 rings (SSSR count). The highest BCUT2D eigenvalue weighted by Crippen LogP contribution is 2.52.